The van der Waals surface area contributed by atoms with Gasteiger partial charge in [-0.25, -0.2) is 0 Å². The van der Waals surface area contributed by atoms with Gasteiger partial charge in [0.25, 0.3) is 0 Å². The van der Waals surface area contributed by atoms with Gasteiger partial charge in [-0.3, -0.25) is 4.79 Å². The monoisotopic (exact) mass is 268 g/mol. The number of hydrogen-bond donors (Lipinski definition) is 0. The first-order valence-corrected chi connectivity index (χ1v) is 6.80. The van der Waals surface area contributed by atoms with Gasteiger partial charge in [0.2, 0.25) is 0 Å². The Balaban J connectivity index is 1.54. The van der Waals surface area contributed by atoms with E-state index in [1.54, 1.807) is 12.1 Å². The summed E-state index contributed by atoms with van der Waals surface area (Å²) in [6.07, 6.45) is 1.91. The van der Waals surface area contributed by atoms with Crippen LogP contribution < -0.4 is 9.47 Å². The molecule has 0 amide bonds. The predicted octanol–water partition coefficient (Wildman–Crippen LogP) is 3.58. The van der Waals surface area contributed by atoms with Gasteiger partial charge in [0.05, 0.1) is 5.92 Å². The highest BCUT2D eigenvalue weighted by molar-refractivity contribution is 5.77. The Kier molecular flexibility index (Phi) is 3.68. The molecule has 2 aromatic rings. The molecule has 1 saturated carbocycles. The van der Waals surface area contributed by atoms with Gasteiger partial charge < -0.3 is 9.47 Å². The van der Waals surface area contributed by atoms with E-state index in [0.717, 1.165) is 24.2 Å². The Hall–Kier alpha value is -2.29. The van der Waals surface area contributed by atoms with Crippen LogP contribution >= 0.6 is 0 Å². The number of hydrogen-bond acceptors (Lipinski definition) is 3. The molecule has 0 atom stereocenters. The fourth-order valence-electron chi connectivity index (χ4n) is 1.86. The summed E-state index contributed by atoms with van der Waals surface area (Å²) >= 11 is 0. The molecule has 0 aliphatic heterocycles. The van der Waals surface area contributed by atoms with Crippen LogP contribution in [-0.2, 0) is 11.4 Å². The molecule has 0 bridgehead atoms. The quantitative estimate of drug-likeness (QED) is 0.614. The molecule has 0 aromatic heterocycles. The van der Waals surface area contributed by atoms with Crippen molar-refractivity contribution < 1.29 is 14.3 Å². The first-order valence-electron chi connectivity index (χ1n) is 6.80. The summed E-state index contributed by atoms with van der Waals surface area (Å²) in [5.41, 5.74) is 1.12. The second kappa shape index (κ2) is 5.78. The van der Waals surface area contributed by atoms with E-state index in [1.807, 2.05) is 42.5 Å². The molecular formula is C17H16O3. The Labute approximate surface area is 118 Å². The zero-order valence-corrected chi connectivity index (χ0v) is 11.1. The van der Waals surface area contributed by atoms with Crippen molar-refractivity contribution in [3.8, 4) is 11.5 Å². The Morgan fingerprint density at radius 3 is 2.25 bits per heavy atom. The second-order valence-electron chi connectivity index (χ2n) is 4.94. The molecule has 102 valence electrons. The van der Waals surface area contributed by atoms with Crippen LogP contribution in [0.25, 0.3) is 0 Å². The average molecular weight is 268 g/mol. The number of carbonyl (C=O) groups excluding carboxylic acids is 1. The number of rotatable bonds is 5. The topological polar surface area (TPSA) is 35.5 Å². The van der Waals surface area contributed by atoms with Crippen LogP contribution in [0, 0.1) is 5.92 Å². The van der Waals surface area contributed by atoms with Gasteiger partial charge >= 0.3 is 5.97 Å². The average Bonchev–Trinajstić information content (AvgIpc) is 3.32. The van der Waals surface area contributed by atoms with Gasteiger partial charge in [-0.15, -0.1) is 0 Å². The standard InChI is InChI=1S/C17H16O3/c18-17(14-6-7-14)20-16-10-8-15(9-11-16)19-12-13-4-2-1-3-5-13/h1-5,8-11,14H,6-7,12H2. The van der Waals surface area contributed by atoms with Crippen LogP contribution in [0.3, 0.4) is 0 Å². The molecule has 2 aromatic carbocycles. The number of ether oxygens (including phenoxy) is 2. The molecule has 0 N–H and O–H groups in total. The Morgan fingerprint density at radius 2 is 1.60 bits per heavy atom. The van der Waals surface area contributed by atoms with E-state index >= 15 is 0 Å². The first-order chi connectivity index (χ1) is 9.81. The summed E-state index contributed by atoms with van der Waals surface area (Å²) in [5.74, 6) is 1.33. The highest BCUT2D eigenvalue weighted by Gasteiger charge is 2.31. The van der Waals surface area contributed by atoms with E-state index in [-0.39, 0.29) is 11.9 Å². The zero-order chi connectivity index (χ0) is 13.8. The van der Waals surface area contributed by atoms with E-state index in [0.29, 0.717) is 12.4 Å². The summed E-state index contributed by atoms with van der Waals surface area (Å²) in [7, 11) is 0. The molecule has 1 aliphatic carbocycles. The molecular weight excluding hydrogens is 252 g/mol. The molecule has 1 fully saturated rings. The van der Waals surface area contributed by atoms with Crippen molar-refractivity contribution in [1.82, 2.24) is 0 Å². The largest absolute Gasteiger partial charge is 0.489 e. The van der Waals surface area contributed by atoms with E-state index in [1.165, 1.54) is 0 Å². The molecule has 0 radical (unpaired) electrons. The molecule has 3 rings (SSSR count). The fourth-order valence-corrected chi connectivity index (χ4v) is 1.86. The lowest BCUT2D eigenvalue weighted by molar-refractivity contribution is -0.135. The van der Waals surface area contributed by atoms with Gasteiger partial charge in [-0.2, -0.15) is 0 Å². The van der Waals surface area contributed by atoms with E-state index < -0.39 is 0 Å². The molecule has 20 heavy (non-hydrogen) atoms. The van der Waals surface area contributed by atoms with Crippen molar-refractivity contribution in [2.75, 3.05) is 0 Å². The number of benzene rings is 2. The van der Waals surface area contributed by atoms with Gasteiger partial charge in [0.15, 0.2) is 0 Å². The maximum Gasteiger partial charge on any atom is 0.314 e. The molecule has 0 heterocycles. The van der Waals surface area contributed by atoms with Crippen LogP contribution in [0.15, 0.2) is 54.6 Å². The highest BCUT2D eigenvalue weighted by atomic mass is 16.5. The minimum absolute atomic E-state index is 0.115. The minimum Gasteiger partial charge on any atom is -0.489 e. The summed E-state index contributed by atoms with van der Waals surface area (Å²) in [5, 5.41) is 0. The summed E-state index contributed by atoms with van der Waals surface area (Å²) in [6, 6.07) is 17.2. The van der Waals surface area contributed by atoms with Crippen LogP contribution in [0.4, 0.5) is 0 Å². The van der Waals surface area contributed by atoms with Crippen LogP contribution in [0.5, 0.6) is 11.5 Å². The number of carbonyl (C=O) groups is 1. The summed E-state index contributed by atoms with van der Waals surface area (Å²) in [6.45, 7) is 0.530. The highest BCUT2D eigenvalue weighted by Crippen LogP contribution is 2.31. The lowest BCUT2D eigenvalue weighted by atomic mass is 10.2. The maximum atomic E-state index is 11.5. The molecule has 0 saturated heterocycles. The van der Waals surface area contributed by atoms with Gasteiger partial charge in [0.1, 0.15) is 18.1 Å². The first kappa shape index (κ1) is 12.7. The third kappa shape index (κ3) is 3.38. The van der Waals surface area contributed by atoms with Crippen LogP contribution in [-0.4, -0.2) is 5.97 Å². The summed E-state index contributed by atoms with van der Waals surface area (Å²) < 4.78 is 10.9. The van der Waals surface area contributed by atoms with Crippen LogP contribution in [0.2, 0.25) is 0 Å². The lowest BCUT2D eigenvalue weighted by Crippen LogP contribution is -2.09. The predicted molar refractivity (Wildman–Crippen MR) is 75.6 cm³/mol. The normalized spacial score (nSPS) is 13.8. The van der Waals surface area contributed by atoms with Gasteiger partial charge in [-0.1, -0.05) is 30.3 Å². The van der Waals surface area contributed by atoms with E-state index in [9.17, 15) is 4.79 Å². The van der Waals surface area contributed by atoms with Crippen LogP contribution in [0.1, 0.15) is 18.4 Å². The fraction of sp³-hybridized carbons (Fsp3) is 0.235. The molecule has 1 aliphatic rings. The van der Waals surface area contributed by atoms with Crippen molar-refractivity contribution in [3.63, 3.8) is 0 Å². The maximum absolute atomic E-state index is 11.5. The molecule has 3 nitrogen and oxygen atoms in total. The Bertz CT molecular complexity index is 571. The van der Waals surface area contributed by atoms with Gasteiger partial charge in [-0.05, 0) is 42.7 Å². The lowest BCUT2D eigenvalue weighted by Gasteiger charge is -2.07. The SMILES string of the molecule is O=C(Oc1ccc(OCc2ccccc2)cc1)C1CC1. The van der Waals surface area contributed by atoms with Gasteiger partial charge in [0, 0.05) is 0 Å². The van der Waals surface area contributed by atoms with Crippen molar-refractivity contribution in [2.45, 2.75) is 19.4 Å². The number of esters is 1. The molecule has 3 heteroatoms. The van der Waals surface area contributed by atoms with Crippen molar-refractivity contribution in [1.29, 1.82) is 0 Å². The Morgan fingerprint density at radius 1 is 0.950 bits per heavy atom. The van der Waals surface area contributed by atoms with Crippen molar-refractivity contribution >= 4 is 5.97 Å². The van der Waals surface area contributed by atoms with E-state index in [2.05, 4.69) is 0 Å². The third-order valence-electron chi connectivity index (χ3n) is 3.20. The third-order valence-corrected chi connectivity index (χ3v) is 3.20. The van der Waals surface area contributed by atoms with Crippen molar-refractivity contribution in [3.05, 3.63) is 60.2 Å². The summed E-state index contributed by atoms with van der Waals surface area (Å²) in [4.78, 5) is 11.5. The second-order valence-corrected chi connectivity index (χ2v) is 4.94. The zero-order valence-electron chi connectivity index (χ0n) is 11.1. The minimum atomic E-state index is -0.122. The molecule has 0 unspecified atom stereocenters. The van der Waals surface area contributed by atoms with E-state index in [4.69, 9.17) is 9.47 Å². The van der Waals surface area contributed by atoms with Crippen molar-refractivity contribution in [2.24, 2.45) is 5.92 Å². The molecule has 0 spiro atoms. The smallest absolute Gasteiger partial charge is 0.314 e.